The van der Waals surface area contributed by atoms with E-state index in [2.05, 4.69) is 17.1 Å². The number of rotatable bonds is 6. The second-order valence-electron chi connectivity index (χ2n) is 4.14. The van der Waals surface area contributed by atoms with Crippen molar-refractivity contribution in [1.82, 2.24) is 10.2 Å². The highest BCUT2D eigenvalue weighted by Crippen LogP contribution is 2.16. The summed E-state index contributed by atoms with van der Waals surface area (Å²) in [6.07, 6.45) is 3.26. The minimum atomic E-state index is -0.169. The molecule has 0 amide bonds. The lowest BCUT2D eigenvalue weighted by atomic mass is 9.97. The molecule has 1 N–H and O–H groups in total. The Balaban J connectivity index is 2.05. The summed E-state index contributed by atoms with van der Waals surface area (Å²) in [5.41, 5.74) is 0. The first-order chi connectivity index (χ1) is 6.86. The van der Waals surface area contributed by atoms with E-state index in [4.69, 9.17) is 0 Å². The zero-order chi connectivity index (χ0) is 10.2. The number of alkyl halides is 1. The first-order valence-electron chi connectivity index (χ1n) is 5.85. The van der Waals surface area contributed by atoms with Crippen LogP contribution >= 0.6 is 0 Å². The van der Waals surface area contributed by atoms with Crippen molar-refractivity contribution in [2.75, 3.05) is 39.4 Å². The molecule has 0 atom stereocenters. The summed E-state index contributed by atoms with van der Waals surface area (Å²) in [7, 11) is 0. The summed E-state index contributed by atoms with van der Waals surface area (Å²) in [4.78, 5) is 2.39. The standard InChI is InChI=1S/C11H23FN2/c1-2-13-10-11-4-8-14(9-5-11)7-3-6-12/h11,13H,2-10H2,1H3. The van der Waals surface area contributed by atoms with E-state index in [0.29, 0.717) is 6.42 Å². The van der Waals surface area contributed by atoms with Crippen LogP contribution in [0, 0.1) is 5.92 Å². The Kier molecular flexibility index (Phi) is 6.12. The molecule has 84 valence electrons. The van der Waals surface area contributed by atoms with Gasteiger partial charge in [0.05, 0.1) is 6.67 Å². The van der Waals surface area contributed by atoms with Crippen LogP contribution in [-0.2, 0) is 0 Å². The monoisotopic (exact) mass is 202 g/mol. The molecule has 1 fully saturated rings. The number of hydrogen-bond donors (Lipinski definition) is 1. The Hall–Kier alpha value is -0.150. The quantitative estimate of drug-likeness (QED) is 0.705. The topological polar surface area (TPSA) is 15.3 Å². The predicted octanol–water partition coefficient (Wildman–Crippen LogP) is 1.67. The van der Waals surface area contributed by atoms with Gasteiger partial charge in [-0.15, -0.1) is 0 Å². The van der Waals surface area contributed by atoms with Crippen LogP contribution in [0.4, 0.5) is 4.39 Å². The average Bonchev–Trinajstić information content (AvgIpc) is 2.25. The van der Waals surface area contributed by atoms with E-state index in [1.807, 2.05) is 0 Å². The number of nitrogens with one attached hydrogen (secondary N) is 1. The lowest BCUT2D eigenvalue weighted by molar-refractivity contribution is 0.177. The number of hydrogen-bond acceptors (Lipinski definition) is 2. The van der Waals surface area contributed by atoms with Gasteiger partial charge in [0, 0.05) is 6.54 Å². The van der Waals surface area contributed by atoms with Gasteiger partial charge in [0.1, 0.15) is 0 Å². The second-order valence-corrected chi connectivity index (χ2v) is 4.14. The van der Waals surface area contributed by atoms with E-state index in [9.17, 15) is 4.39 Å². The molecule has 3 heteroatoms. The van der Waals surface area contributed by atoms with Gasteiger partial charge in [0.25, 0.3) is 0 Å². The fourth-order valence-corrected chi connectivity index (χ4v) is 2.05. The van der Waals surface area contributed by atoms with Crippen LogP contribution in [0.3, 0.4) is 0 Å². The summed E-state index contributed by atoms with van der Waals surface area (Å²) >= 11 is 0. The maximum Gasteiger partial charge on any atom is 0.0906 e. The van der Waals surface area contributed by atoms with Crippen LogP contribution < -0.4 is 5.32 Å². The summed E-state index contributed by atoms with van der Waals surface area (Å²) in [6, 6.07) is 0. The molecule has 0 radical (unpaired) electrons. The van der Waals surface area contributed by atoms with Gasteiger partial charge in [-0.2, -0.15) is 0 Å². The molecule has 0 spiro atoms. The average molecular weight is 202 g/mol. The highest BCUT2D eigenvalue weighted by Gasteiger charge is 2.17. The number of piperidine rings is 1. The zero-order valence-corrected chi connectivity index (χ0v) is 9.27. The van der Waals surface area contributed by atoms with Crippen molar-refractivity contribution >= 4 is 0 Å². The maximum atomic E-state index is 12.0. The number of halogens is 1. The lowest BCUT2D eigenvalue weighted by Gasteiger charge is -2.31. The molecule has 0 aromatic rings. The van der Waals surface area contributed by atoms with E-state index in [0.717, 1.165) is 38.6 Å². The van der Waals surface area contributed by atoms with E-state index in [1.165, 1.54) is 12.8 Å². The van der Waals surface area contributed by atoms with Crippen molar-refractivity contribution in [3.05, 3.63) is 0 Å². The Morgan fingerprint density at radius 3 is 2.64 bits per heavy atom. The van der Waals surface area contributed by atoms with E-state index < -0.39 is 0 Å². The molecule has 1 saturated heterocycles. The van der Waals surface area contributed by atoms with Crippen LogP contribution in [0.15, 0.2) is 0 Å². The first-order valence-corrected chi connectivity index (χ1v) is 5.85. The molecule has 0 aliphatic carbocycles. The molecule has 1 heterocycles. The largest absolute Gasteiger partial charge is 0.317 e. The third kappa shape index (κ3) is 4.38. The molecule has 1 aliphatic rings. The Morgan fingerprint density at radius 2 is 2.07 bits per heavy atom. The van der Waals surface area contributed by atoms with Crippen molar-refractivity contribution in [3.8, 4) is 0 Å². The van der Waals surface area contributed by atoms with Crippen molar-refractivity contribution in [2.45, 2.75) is 26.2 Å². The normalized spacial score (nSPS) is 20.1. The van der Waals surface area contributed by atoms with E-state index in [-0.39, 0.29) is 6.67 Å². The van der Waals surface area contributed by atoms with Crippen LogP contribution in [0.25, 0.3) is 0 Å². The molecular weight excluding hydrogens is 179 g/mol. The van der Waals surface area contributed by atoms with Gasteiger partial charge in [-0.25, -0.2) is 0 Å². The third-order valence-electron chi connectivity index (χ3n) is 3.00. The van der Waals surface area contributed by atoms with Crippen molar-refractivity contribution in [2.24, 2.45) is 5.92 Å². The summed E-state index contributed by atoms with van der Waals surface area (Å²) < 4.78 is 12.0. The van der Waals surface area contributed by atoms with Gasteiger partial charge in [0.2, 0.25) is 0 Å². The van der Waals surface area contributed by atoms with Crippen molar-refractivity contribution < 1.29 is 4.39 Å². The molecule has 0 saturated carbocycles. The molecule has 14 heavy (non-hydrogen) atoms. The third-order valence-corrected chi connectivity index (χ3v) is 3.00. The summed E-state index contributed by atoms with van der Waals surface area (Å²) in [5, 5.41) is 3.40. The fraction of sp³-hybridized carbons (Fsp3) is 1.00. The molecular formula is C11H23FN2. The SMILES string of the molecule is CCNCC1CCN(CCCF)CC1. The highest BCUT2D eigenvalue weighted by molar-refractivity contribution is 4.73. The Labute approximate surface area is 86.9 Å². The van der Waals surface area contributed by atoms with Crippen LogP contribution in [-0.4, -0.2) is 44.3 Å². The predicted molar refractivity (Wildman–Crippen MR) is 58.3 cm³/mol. The summed E-state index contributed by atoms with van der Waals surface area (Å²) in [5.74, 6) is 0.844. The van der Waals surface area contributed by atoms with Crippen molar-refractivity contribution in [1.29, 1.82) is 0 Å². The molecule has 0 aromatic heterocycles. The van der Waals surface area contributed by atoms with Gasteiger partial charge >= 0.3 is 0 Å². The van der Waals surface area contributed by atoms with Crippen LogP contribution in [0.1, 0.15) is 26.2 Å². The fourth-order valence-electron chi connectivity index (χ4n) is 2.05. The molecule has 1 rings (SSSR count). The van der Waals surface area contributed by atoms with Gasteiger partial charge in [-0.1, -0.05) is 6.92 Å². The van der Waals surface area contributed by atoms with Crippen LogP contribution in [0.5, 0.6) is 0 Å². The summed E-state index contributed by atoms with van der Waals surface area (Å²) in [6.45, 7) is 7.49. The van der Waals surface area contributed by atoms with Crippen LogP contribution in [0.2, 0.25) is 0 Å². The number of likely N-dealkylation sites (tertiary alicyclic amines) is 1. The minimum Gasteiger partial charge on any atom is -0.317 e. The molecule has 2 nitrogen and oxygen atoms in total. The number of nitrogens with zero attached hydrogens (tertiary/aromatic N) is 1. The molecule has 0 unspecified atom stereocenters. The molecule has 0 aromatic carbocycles. The van der Waals surface area contributed by atoms with Gasteiger partial charge in [0.15, 0.2) is 0 Å². The van der Waals surface area contributed by atoms with E-state index >= 15 is 0 Å². The lowest BCUT2D eigenvalue weighted by Crippen LogP contribution is -2.37. The van der Waals surface area contributed by atoms with Gasteiger partial charge in [-0.3, -0.25) is 4.39 Å². The first kappa shape index (κ1) is 11.9. The van der Waals surface area contributed by atoms with E-state index in [1.54, 1.807) is 0 Å². The Bertz CT molecular complexity index is 117. The molecule has 0 bridgehead atoms. The molecule has 1 aliphatic heterocycles. The zero-order valence-electron chi connectivity index (χ0n) is 9.27. The Morgan fingerprint density at radius 1 is 1.36 bits per heavy atom. The maximum absolute atomic E-state index is 12.0. The highest BCUT2D eigenvalue weighted by atomic mass is 19.1. The van der Waals surface area contributed by atoms with Gasteiger partial charge in [-0.05, 0) is 51.4 Å². The second kappa shape index (κ2) is 7.18. The smallest absolute Gasteiger partial charge is 0.0906 e. The van der Waals surface area contributed by atoms with Crippen molar-refractivity contribution in [3.63, 3.8) is 0 Å². The van der Waals surface area contributed by atoms with Gasteiger partial charge < -0.3 is 10.2 Å². The minimum absolute atomic E-state index is 0.169.